The van der Waals surface area contributed by atoms with Crippen LogP contribution in [0.1, 0.15) is 38.3 Å². The fraction of sp³-hybridized carbons (Fsp3) is 0.615. The Morgan fingerprint density at radius 2 is 2.12 bits per heavy atom. The minimum Gasteiger partial charge on any atom is -0.481 e. The summed E-state index contributed by atoms with van der Waals surface area (Å²) in [6.45, 7) is 4.12. The molecule has 16 heavy (non-hydrogen) atoms. The minimum atomic E-state index is 0.685. The average Bonchev–Trinajstić information content (AvgIpc) is 2.34. The number of rotatable bonds is 8. The van der Waals surface area contributed by atoms with Crippen LogP contribution in [-0.4, -0.2) is 18.6 Å². The van der Waals surface area contributed by atoms with Crippen molar-refractivity contribution in [2.24, 2.45) is 0 Å². The van der Waals surface area contributed by atoms with Gasteiger partial charge in [0.05, 0.1) is 12.8 Å². The summed E-state index contributed by atoms with van der Waals surface area (Å²) in [5.74, 6) is 0.685. The normalized spacial score (nSPS) is 10.4. The summed E-state index contributed by atoms with van der Waals surface area (Å²) in [4.78, 5) is 4.34. The van der Waals surface area contributed by atoms with Gasteiger partial charge in [0.25, 0.3) is 0 Å². The zero-order valence-corrected chi connectivity index (χ0v) is 10.3. The highest BCUT2D eigenvalue weighted by Gasteiger charge is 1.96. The van der Waals surface area contributed by atoms with Gasteiger partial charge in [-0.3, -0.25) is 0 Å². The molecule has 0 aliphatic heterocycles. The van der Waals surface area contributed by atoms with Crippen LogP contribution < -0.4 is 10.1 Å². The first-order chi connectivity index (χ1) is 7.86. The average molecular weight is 222 g/mol. The molecule has 0 saturated carbocycles. The summed E-state index contributed by atoms with van der Waals surface area (Å²) < 4.78 is 5.08. The summed E-state index contributed by atoms with van der Waals surface area (Å²) in [7, 11) is 1.64. The van der Waals surface area contributed by atoms with Crippen molar-refractivity contribution in [3.63, 3.8) is 0 Å². The molecule has 0 aliphatic carbocycles. The van der Waals surface area contributed by atoms with Gasteiger partial charge in [-0.05, 0) is 19.0 Å². The molecule has 1 aromatic rings. The van der Waals surface area contributed by atoms with Crippen molar-refractivity contribution in [3.8, 4) is 5.88 Å². The summed E-state index contributed by atoms with van der Waals surface area (Å²) in [6.07, 6.45) is 5.18. The third-order valence-corrected chi connectivity index (χ3v) is 2.50. The highest BCUT2D eigenvalue weighted by Crippen LogP contribution is 2.06. The van der Waals surface area contributed by atoms with Gasteiger partial charge in [-0.15, -0.1) is 0 Å². The van der Waals surface area contributed by atoms with Crippen LogP contribution in [0.25, 0.3) is 0 Å². The molecule has 1 aromatic heterocycles. The lowest BCUT2D eigenvalue weighted by Gasteiger charge is -2.05. The standard InChI is InChI=1S/C13H22N2O/c1-3-4-5-6-10-14-11-12-8-7-9-13(15-12)16-2/h7-9,14H,3-6,10-11H2,1-2H3. The van der Waals surface area contributed by atoms with Gasteiger partial charge in [-0.2, -0.15) is 0 Å². The number of pyridine rings is 1. The van der Waals surface area contributed by atoms with Crippen LogP contribution in [-0.2, 0) is 6.54 Å². The molecule has 1 rings (SSSR count). The maximum atomic E-state index is 5.08. The first-order valence-electron chi connectivity index (χ1n) is 6.07. The quantitative estimate of drug-likeness (QED) is 0.687. The molecular weight excluding hydrogens is 200 g/mol. The van der Waals surface area contributed by atoms with E-state index < -0.39 is 0 Å². The second kappa shape index (κ2) is 8.11. The van der Waals surface area contributed by atoms with Gasteiger partial charge < -0.3 is 10.1 Å². The summed E-state index contributed by atoms with van der Waals surface area (Å²) in [5.41, 5.74) is 1.04. The second-order valence-corrected chi connectivity index (χ2v) is 3.91. The highest BCUT2D eigenvalue weighted by atomic mass is 16.5. The van der Waals surface area contributed by atoms with Gasteiger partial charge in [0.15, 0.2) is 0 Å². The van der Waals surface area contributed by atoms with Gasteiger partial charge in [0.1, 0.15) is 0 Å². The monoisotopic (exact) mass is 222 g/mol. The first-order valence-corrected chi connectivity index (χ1v) is 6.07. The third kappa shape index (κ3) is 5.12. The van der Waals surface area contributed by atoms with E-state index in [0.717, 1.165) is 18.8 Å². The SMILES string of the molecule is CCCCCCNCc1cccc(OC)n1. The molecule has 0 fully saturated rings. The smallest absolute Gasteiger partial charge is 0.213 e. The summed E-state index contributed by atoms with van der Waals surface area (Å²) in [6, 6.07) is 5.85. The van der Waals surface area contributed by atoms with Gasteiger partial charge in [-0.25, -0.2) is 4.98 Å². The Bertz CT molecular complexity index is 289. The van der Waals surface area contributed by atoms with Crippen molar-refractivity contribution in [2.45, 2.75) is 39.2 Å². The topological polar surface area (TPSA) is 34.1 Å². The third-order valence-electron chi connectivity index (χ3n) is 2.50. The number of hydrogen-bond donors (Lipinski definition) is 1. The molecule has 0 atom stereocenters. The number of methoxy groups -OCH3 is 1. The fourth-order valence-corrected chi connectivity index (χ4v) is 1.56. The van der Waals surface area contributed by atoms with Crippen LogP contribution in [0.3, 0.4) is 0 Å². The number of ether oxygens (including phenoxy) is 1. The molecule has 3 heteroatoms. The number of nitrogens with zero attached hydrogens (tertiary/aromatic N) is 1. The molecule has 0 bridgehead atoms. The maximum absolute atomic E-state index is 5.08. The number of nitrogens with one attached hydrogen (secondary N) is 1. The van der Waals surface area contributed by atoms with Gasteiger partial charge in [0.2, 0.25) is 5.88 Å². The molecule has 0 radical (unpaired) electrons. The van der Waals surface area contributed by atoms with Crippen molar-refractivity contribution in [1.29, 1.82) is 0 Å². The van der Waals surface area contributed by atoms with E-state index in [4.69, 9.17) is 4.74 Å². The number of aromatic nitrogens is 1. The molecule has 1 N–H and O–H groups in total. The van der Waals surface area contributed by atoms with E-state index in [0.29, 0.717) is 5.88 Å². The number of unbranched alkanes of at least 4 members (excludes halogenated alkanes) is 3. The van der Waals surface area contributed by atoms with Crippen LogP contribution >= 0.6 is 0 Å². The molecule has 0 aromatic carbocycles. The van der Waals surface area contributed by atoms with Crippen molar-refractivity contribution >= 4 is 0 Å². The van der Waals surface area contributed by atoms with Crippen molar-refractivity contribution in [3.05, 3.63) is 23.9 Å². The molecule has 3 nitrogen and oxygen atoms in total. The molecule has 0 unspecified atom stereocenters. The van der Waals surface area contributed by atoms with Crippen molar-refractivity contribution in [1.82, 2.24) is 10.3 Å². The van der Waals surface area contributed by atoms with E-state index in [2.05, 4.69) is 17.2 Å². The lowest BCUT2D eigenvalue weighted by molar-refractivity contribution is 0.395. The first kappa shape index (κ1) is 13.0. The predicted molar refractivity (Wildman–Crippen MR) is 66.6 cm³/mol. The maximum Gasteiger partial charge on any atom is 0.213 e. The second-order valence-electron chi connectivity index (χ2n) is 3.91. The van der Waals surface area contributed by atoms with E-state index in [1.54, 1.807) is 7.11 Å². The minimum absolute atomic E-state index is 0.685. The van der Waals surface area contributed by atoms with Gasteiger partial charge in [-0.1, -0.05) is 32.3 Å². The van der Waals surface area contributed by atoms with Crippen LogP contribution in [0, 0.1) is 0 Å². The lowest BCUT2D eigenvalue weighted by Crippen LogP contribution is -2.15. The van der Waals surface area contributed by atoms with Crippen molar-refractivity contribution in [2.75, 3.05) is 13.7 Å². The predicted octanol–water partition coefficient (Wildman–Crippen LogP) is 2.76. The Kier molecular flexibility index (Phi) is 6.58. The Balaban J connectivity index is 2.16. The highest BCUT2D eigenvalue weighted by molar-refractivity contribution is 5.15. The van der Waals surface area contributed by atoms with E-state index in [1.807, 2.05) is 18.2 Å². The van der Waals surface area contributed by atoms with Crippen molar-refractivity contribution < 1.29 is 4.74 Å². The summed E-state index contributed by atoms with van der Waals surface area (Å²) >= 11 is 0. The lowest BCUT2D eigenvalue weighted by atomic mass is 10.2. The number of hydrogen-bond acceptors (Lipinski definition) is 3. The molecule has 0 aliphatic rings. The van der Waals surface area contributed by atoms with Crippen LogP contribution in [0.15, 0.2) is 18.2 Å². The molecule has 0 saturated heterocycles. The van der Waals surface area contributed by atoms with E-state index in [9.17, 15) is 0 Å². The fourth-order valence-electron chi connectivity index (χ4n) is 1.56. The molecule has 0 amide bonds. The van der Waals surface area contributed by atoms with Crippen LogP contribution in [0.5, 0.6) is 5.88 Å². The Morgan fingerprint density at radius 1 is 1.25 bits per heavy atom. The van der Waals surface area contributed by atoms with E-state index in [1.165, 1.54) is 25.7 Å². The molecule has 90 valence electrons. The van der Waals surface area contributed by atoms with Gasteiger partial charge in [0, 0.05) is 12.6 Å². The Morgan fingerprint density at radius 3 is 2.88 bits per heavy atom. The van der Waals surface area contributed by atoms with Crippen LogP contribution in [0.2, 0.25) is 0 Å². The van der Waals surface area contributed by atoms with E-state index in [-0.39, 0.29) is 0 Å². The van der Waals surface area contributed by atoms with Crippen LogP contribution in [0.4, 0.5) is 0 Å². The molecule has 0 spiro atoms. The summed E-state index contributed by atoms with van der Waals surface area (Å²) in [5, 5.41) is 3.39. The zero-order valence-electron chi connectivity index (χ0n) is 10.3. The molecular formula is C13H22N2O. The van der Waals surface area contributed by atoms with Gasteiger partial charge >= 0.3 is 0 Å². The largest absolute Gasteiger partial charge is 0.481 e. The Labute approximate surface area is 98.2 Å². The Hall–Kier alpha value is -1.09. The van der Waals surface area contributed by atoms with E-state index >= 15 is 0 Å². The zero-order chi connectivity index (χ0) is 11.6. The molecule has 1 heterocycles.